The van der Waals surface area contributed by atoms with Crippen LogP contribution in [0.25, 0.3) is 22.7 Å². The monoisotopic (exact) mass is 462 g/mol. The van der Waals surface area contributed by atoms with Gasteiger partial charge in [-0.15, -0.1) is 5.10 Å². The summed E-state index contributed by atoms with van der Waals surface area (Å²) in [5.74, 6) is 0.862. The van der Waals surface area contributed by atoms with Gasteiger partial charge in [0.2, 0.25) is 5.89 Å². The zero-order chi connectivity index (χ0) is 23.8. The molecule has 1 N–H and O–H groups in total. The number of aromatic amines is 1. The number of benzene rings is 3. The van der Waals surface area contributed by atoms with Gasteiger partial charge in [-0.05, 0) is 64.8 Å². The molecule has 0 bridgehead atoms. The van der Waals surface area contributed by atoms with Gasteiger partial charge in [-0.2, -0.15) is 0 Å². The Morgan fingerprint density at radius 2 is 1.80 bits per heavy atom. The molecule has 35 heavy (non-hydrogen) atoms. The van der Waals surface area contributed by atoms with Crippen molar-refractivity contribution in [1.82, 2.24) is 19.7 Å². The Morgan fingerprint density at radius 1 is 1.00 bits per heavy atom. The Balaban J connectivity index is 1.44. The first kappa shape index (κ1) is 21.4. The van der Waals surface area contributed by atoms with Gasteiger partial charge in [0.25, 0.3) is 0 Å². The van der Waals surface area contributed by atoms with Gasteiger partial charge in [0.05, 0.1) is 11.0 Å². The van der Waals surface area contributed by atoms with Crippen LogP contribution in [0.15, 0.2) is 75.9 Å². The highest BCUT2D eigenvalue weighted by Crippen LogP contribution is 2.35. The van der Waals surface area contributed by atoms with Crippen LogP contribution < -0.4 is 5.76 Å². The van der Waals surface area contributed by atoms with Gasteiger partial charge in [0.1, 0.15) is 5.82 Å². The normalized spacial score (nSPS) is 14.1. The van der Waals surface area contributed by atoms with E-state index in [0.29, 0.717) is 0 Å². The fourth-order valence-electron chi connectivity index (χ4n) is 5.11. The highest BCUT2D eigenvalue weighted by molar-refractivity contribution is 5.93. The smallest absolute Gasteiger partial charge is 0.388 e. The predicted octanol–water partition coefficient (Wildman–Crippen LogP) is 5.40. The SMILES string of the molecule is CCCc1nc2ccccc2n1Cc1ccc2c(c1)CCc1ccccc1/C2=C\c1n[nH]c(=O)o1. The van der Waals surface area contributed by atoms with Crippen molar-refractivity contribution >= 4 is 22.7 Å². The van der Waals surface area contributed by atoms with E-state index in [2.05, 4.69) is 76.3 Å². The Morgan fingerprint density at radius 3 is 2.66 bits per heavy atom. The van der Waals surface area contributed by atoms with Crippen molar-refractivity contribution < 1.29 is 4.42 Å². The topological polar surface area (TPSA) is 76.7 Å². The quantitative estimate of drug-likeness (QED) is 0.379. The molecule has 0 unspecified atom stereocenters. The Bertz CT molecular complexity index is 1620. The highest BCUT2D eigenvalue weighted by Gasteiger charge is 2.20. The lowest BCUT2D eigenvalue weighted by atomic mass is 9.92. The molecule has 0 amide bonds. The number of imidazole rings is 1. The number of hydrogen-bond donors (Lipinski definition) is 1. The third-order valence-electron chi connectivity index (χ3n) is 6.70. The molecule has 1 aliphatic rings. The molecule has 2 heterocycles. The summed E-state index contributed by atoms with van der Waals surface area (Å²) >= 11 is 0. The first-order valence-electron chi connectivity index (χ1n) is 12.1. The summed E-state index contributed by atoms with van der Waals surface area (Å²) in [6, 6.07) is 23.5. The highest BCUT2D eigenvalue weighted by atomic mass is 16.4. The number of rotatable bonds is 5. The van der Waals surface area contributed by atoms with Gasteiger partial charge >= 0.3 is 5.76 Å². The minimum absolute atomic E-state index is 0.283. The van der Waals surface area contributed by atoms with E-state index in [-0.39, 0.29) is 5.89 Å². The molecular weight excluding hydrogens is 436 g/mol. The van der Waals surface area contributed by atoms with E-state index in [9.17, 15) is 4.79 Å². The molecule has 5 aromatic rings. The van der Waals surface area contributed by atoms with Crippen molar-refractivity contribution in [2.24, 2.45) is 0 Å². The van der Waals surface area contributed by atoms with E-state index < -0.39 is 5.76 Å². The minimum atomic E-state index is -0.551. The van der Waals surface area contributed by atoms with Crippen LogP contribution >= 0.6 is 0 Å². The van der Waals surface area contributed by atoms with Crippen LogP contribution in [-0.4, -0.2) is 19.7 Å². The van der Waals surface area contributed by atoms with Gasteiger partial charge in [-0.3, -0.25) is 0 Å². The maximum Gasteiger partial charge on any atom is 0.434 e. The van der Waals surface area contributed by atoms with Crippen LogP contribution in [0.3, 0.4) is 0 Å². The second kappa shape index (κ2) is 8.87. The van der Waals surface area contributed by atoms with Gasteiger partial charge in [-0.1, -0.05) is 61.5 Å². The molecule has 3 aromatic carbocycles. The van der Waals surface area contributed by atoms with E-state index in [0.717, 1.165) is 60.3 Å². The molecule has 0 atom stereocenters. The standard InChI is InChI=1S/C29H26N4O2/c1-2-7-27-30-25-10-5-6-11-26(25)33(27)18-19-12-15-23-21(16-19)14-13-20-8-3-4-9-22(20)24(23)17-28-31-32-29(34)35-28/h3-6,8-12,15-17H,2,7,13-14,18H2,1H3,(H,32,34)/b24-17+. The Labute approximate surface area is 203 Å². The molecule has 0 spiro atoms. The molecule has 6 heteroatoms. The van der Waals surface area contributed by atoms with E-state index in [1.807, 2.05) is 18.2 Å². The lowest BCUT2D eigenvalue weighted by molar-refractivity contribution is 0.504. The molecule has 6 rings (SSSR count). The van der Waals surface area contributed by atoms with Gasteiger partial charge in [-0.25, -0.2) is 14.9 Å². The average Bonchev–Trinajstić information content (AvgIpc) is 3.40. The zero-order valence-corrected chi connectivity index (χ0v) is 19.6. The fraction of sp³-hybridized carbons (Fsp3) is 0.207. The average molecular weight is 463 g/mol. The second-order valence-electron chi connectivity index (χ2n) is 9.01. The van der Waals surface area contributed by atoms with Crippen LogP contribution in [0.2, 0.25) is 0 Å². The minimum Gasteiger partial charge on any atom is -0.388 e. The number of hydrogen-bond acceptors (Lipinski definition) is 4. The van der Waals surface area contributed by atoms with Crippen LogP contribution in [0.4, 0.5) is 0 Å². The van der Waals surface area contributed by atoms with E-state index in [4.69, 9.17) is 9.40 Å². The van der Waals surface area contributed by atoms with Gasteiger partial charge < -0.3 is 8.98 Å². The van der Waals surface area contributed by atoms with Gasteiger partial charge in [0.15, 0.2) is 0 Å². The zero-order valence-electron chi connectivity index (χ0n) is 19.6. The summed E-state index contributed by atoms with van der Waals surface area (Å²) < 4.78 is 7.57. The van der Waals surface area contributed by atoms with E-state index >= 15 is 0 Å². The number of aryl methyl sites for hydroxylation is 3. The maximum atomic E-state index is 11.5. The van der Waals surface area contributed by atoms with Gasteiger partial charge in [0, 0.05) is 19.0 Å². The maximum absolute atomic E-state index is 11.5. The molecule has 174 valence electrons. The summed E-state index contributed by atoms with van der Waals surface area (Å²) in [4.78, 5) is 16.4. The second-order valence-corrected chi connectivity index (χ2v) is 9.01. The third kappa shape index (κ3) is 4.01. The first-order valence-corrected chi connectivity index (χ1v) is 12.1. The largest absolute Gasteiger partial charge is 0.434 e. The molecule has 0 saturated carbocycles. The van der Waals surface area contributed by atoms with Crippen molar-refractivity contribution in [2.45, 2.75) is 39.2 Å². The molecule has 6 nitrogen and oxygen atoms in total. The molecule has 1 aliphatic carbocycles. The number of para-hydroxylation sites is 2. The van der Waals surface area contributed by atoms with Crippen molar-refractivity contribution in [3.8, 4) is 0 Å². The number of nitrogens with one attached hydrogen (secondary N) is 1. The molecule has 0 fully saturated rings. The lowest BCUT2D eigenvalue weighted by Gasteiger charge is -2.14. The van der Waals surface area contributed by atoms with Crippen LogP contribution in [0.1, 0.15) is 52.9 Å². The van der Waals surface area contributed by atoms with Crippen LogP contribution in [0, 0.1) is 0 Å². The number of H-pyrrole nitrogens is 1. The Hall–Kier alpha value is -4.19. The number of nitrogens with zero attached hydrogens (tertiary/aromatic N) is 3. The first-order chi connectivity index (χ1) is 17.2. The van der Waals surface area contributed by atoms with Crippen molar-refractivity contribution in [3.63, 3.8) is 0 Å². The van der Waals surface area contributed by atoms with Crippen LogP contribution in [0.5, 0.6) is 0 Å². The molecular formula is C29H26N4O2. The molecule has 2 aromatic heterocycles. The summed E-state index contributed by atoms with van der Waals surface area (Å²) in [5, 5.41) is 6.38. The molecule has 0 radical (unpaired) electrons. The molecule has 0 saturated heterocycles. The van der Waals surface area contributed by atoms with Crippen molar-refractivity contribution in [3.05, 3.63) is 117 Å². The van der Waals surface area contributed by atoms with E-state index in [1.54, 1.807) is 0 Å². The number of fused-ring (bicyclic) bond motifs is 3. The molecule has 0 aliphatic heterocycles. The van der Waals surface area contributed by atoms with Crippen molar-refractivity contribution in [2.75, 3.05) is 0 Å². The van der Waals surface area contributed by atoms with Crippen LogP contribution in [-0.2, 0) is 25.8 Å². The summed E-state index contributed by atoms with van der Waals surface area (Å²) in [6.07, 6.45) is 5.77. The fourth-order valence-corrected chi connectivity index (χ4v) is 5.11. The van der Waals surface area contributed by atoms with Crippen molar-refractivity contribution in [1.29, 1.82) is 0 Å². The van der Waals surface area contributed by atoms with E-state index in [1.165, 1.54) is 22.2 Å². The number of aromatic nitrogens is 4. The lowest BCUT2D eigenvalue weighted by Crippen LogP contribution is -2.06. The summed E-state index contributed by atoms with van der Waals surface area (Å²) in [5.41, 5.74) is 9.35. The Kier molecular flexibility index (Phi) is 5.41. The summed E-state index contributed by atoms with van der Waals surface area (Å²) in [7, 11) is 0. The third-order valence-corrected chi connectivity index (χ3v) is 6.70. The summed E-state index contributed by atoms with van der Waals surface area (Å²) in [6.45, 7) is 2.97. The predicted molar refractivity (Wildman–Crippen MR) is 137 cm³/mol.